The molecule has 0 spiro atoms. The molecule has 0 fully saturated rings. The van der Waals surface area contributed by atoms with Crippen molar-refractivity contribution in [1.82, 2.24) is 0 Å². The molecule has 0 atom stereocenters. The Balaban J connectivity index is 4.73. The summed E-state index contributed by atoms with van der Waals surface area (Å²) in [6, 6.07) is 0. The second-order valence-corrected chi connectivity index (χ2v) is 3.19. The minimum atomic E-state index is -1.03. The largest absolute Gasteiger partial charge is 0.496 e. The summed E-state index contributed by atoms with van der Waals surface area (Å²) in [5.74, 6) is -0.858. The lowest BCUT2D eigenvalue weighted by Gasteiger charge is -2.06. The number of hydrogen-bond acceptors (Lipinski definition) is 2. The third kappa shape index (κ3) is 3.85. The average Bonchev–Trinajstić information content (AvgIpc) is 2.13. The molecule has 0 heterocycles. The Hall–Kier alpha value is -0.930. The molecular formula is C9H10Cl2O3. The lowest BCUT2D eigenvalue weighted by molar-refractivity contribution is -0.136. The Bertz CT molecular complexity index is 305. The molecule has 0 saturated carbocycles. The molecule has 0 aliphatic carbocycles. The summed E-state index contributed by atoms with van der Waals surface area (Å²) in [6.45, 7) is 6.95. The lowest BCUT2D eigenvalue weighted by atomic mass is 10.2. The Morgan fingerprint density at radius 2 is 1.86 bits per heavy atom. The third-order valence-corrected chi connectivity index (χ3v) is 2.31. The van der Waals surface area contributed by atoms with Crippen molar-refractivity contribution in [2.45, 2.75) is 6.42 Å². The van der Waals surface area contributed by atoms with Gasteiger partial charge in [-0.1, -0.05) is 36.4 Å². The van der Waals surface area contributed by atoms with Crippen LogP contribution in [0.3, 0.4) is 0 Å². The summed E-state index contributed by atoms with van der Waals surface area (Å²) in [6.07, 6.45) is -0.272. The number of hydrogen-bond donors (Lipinski definition) is 1. The molecule has 0 saturated heterocycles. The summed E-state index contributed by atoms with van der Waals surface area (Å²) in [4.78, 5) is 10.3. The normalized spacial score (nSPS) is 11.6. The fraction of sp³-hybridized carbons (Fsp3) is 0.222. The van der Waals surface area contributed by atoms with Gasteiger partial charge in [-0.3, -0.25) is 4.79 Å². The van der Waals surface area contributed by atoms with E-state index in [1.54, 1.807) is 0 Å². The highest BCUT2D eigenvalue weighted by atomic mass is 35.5. The molecule has 14 heavy (non-hydrogen) atoms. The maximum atomic E-state index is 10.3. The number of halogens is 2. The monoisotopic (exact) mass is 236 g/mol. The number of carboxylic acid groups (broad SMARTS) is 1. The van der Waals surface area contributed by atoms with Gasteiger partial charge in [-0.15, -0.1) is 0 Å². The van der Waals surface area contributed by atoms with E-state index in [1.807, 2.05) is 0 Å². The van der Waals surface area contributed by atoms with Gasteiger partial charge >= 0.3 is 5.97 Å². The standard InChI is InChI=1S/C9H10Cl2O3/c1-5(4-7(12)13)8(10)9(11)6(2)14-3/h1-2,4H2,3H3,(H,12,13)/b9-8-. The van der Waals surface area contributed by atoms with Crippen molar-refractivity contribution in [2.24, 2.45) is 0 Å². The zero-order valence-corrected chi connectivity index (χ0v) is 9.15. The second kappa shape index (κ2) is 5.73. The van der Waals surface area contributed by atoms with Gasteiger partial charge in [-0.05, 0) is 5.57 Å². The van der Waals surface area contributed by atoms with E-state index in [0.717, 1.165) is 0 Å². The Morgan fingerprint density at radius 1 is 1.36 bits per heavy atom. The number of carbonyl (C=O) groups is 1. The topological polar surface area (TPSA) is 46.5 Å². The molecule has 5 heteroatoms. The molecule has 0 aliphatic heterocycles. The number of carboxylic acids is 1. The molecule has 0 bridgehead atoms. The molecule has 1 N–H and O–H groups in total. The van der Waals surface area contributed by atoms with Gasteiger partial charge in [-0.2, -0.15) is 0 Å². The lowest BCUT2D eigenvalue weighted by Crippen LogP contribution is -1.98. The highest BCUT2D eigenvalue weighted by Gasteiger charge is 2.12. The predicted octanol–water partition coefficient (Wildman–Crippen LogP) is 2.87. The summed E-state index contributed by atoms with van der Waals surface area (Å²) in [5.41, 5.74) is 0.211. The van der Waals surface area contributed by atoms with Crippen LogP contribution in [0.4, 0.5) is 0 Å². The quantitative estimate of drug-likeness (QED) is 0.590. The predicted molar refractivity (Wildman–Crippen MR) is 56.3 cm³/mol. The van der Waals surface area contributed by atoms with Crippen LogP contribution in [0.15, 0.2) is 34.6 Å². The van der Waals surface area contributed by atoms with E-state index >= 15 is 0 Å². The van der Waals surface area contributed by atoms with Crippen LogP contribution in [0, 0.1) is 0 Å². The summed E-state index contributed by atoms with van der Waals surface area (Å²) < 4.78 is 4.73. The zero-order valence-electron chi connectivity index (χ0n) is 7.64. The van der Waals surface area contributed by atoms with Gasteiger partial charge in [0.25, 0.3) is 0 Å². The van der Waals surface area contributed by atoms with Crippen LogP contribution in [-0.4, -0.2) is 18.2 Å². The van der Waals surface area contributed by atoms with Gasteiger partial charge in [0.1, 0.15) is 10.8 Å². The first-order valence-corrected chi connectivity index (χ1v) is 4.34. The van der Waals surface area contributed by atoms with E-state index in [4.69, 9.17) is 33.0 Å². The number of aliphatic carboxylic acids is 1. The first kappa shape index (κ1) is 13.1. The van der Waals surface area contributed by atoms with E-state index < -0.39 is 5.97 Å². The van der Waals surface area contributed by atoms with Gasteiger partial charge < -0.3 is 9.84 Å². The molecule has 0 aromatic heterocycles. The van der Waals surface area contributed by atoms with Crippen molar-refractivity contribution in [3.8, 4) is 0 Å². The van der Waals surface area contributed by atoms with Crippen molar-refractivity contribution in [1.29, 1.82) is 0 Å². The molecule has 0 amide bonds. The van der Waals surface area contributed by atoms with Crippen molar-refractivity contribution in [3.05, 3.63) is 34.6 Å². The Kier molecular flexibility index (Phi) is 5.35. The van der Waals surface area contributed by atoms with Crippen molar-refractivity contribution in [2.75, 3.05) is 7.11 Å². The third-order valence-electron chi connectivity index (χ3n) is 1.36. The number of ether oxygens (including phenoxy) is 1. The SMILES string of the molecule is C=C(CC(=O)O)/C(Cl)=C(/Cl)C(=C)OC. The number of allylic oxidation sites excluding steroid dienone is 2. The summed E-state index contributed by atoms with van der Waals surface area (Å²) in [5, 5.41) is 8.60. The van der Waals surface area contributed by atoms with Crippen LogP contribution in [0.25, 0.3) is 0 Å². The molecule has 3 nitrogen and oxygen atoms in total. The minimum absolute atomic E-state index is 0.0564. The van der Waals surface area contributed by atoms with Crippen LogP contribution in [0.1, 0.15) is 6.42 Å². The highest BCUT2D eigenvalue weighted by Crippen LogP contribution is 2.27. The van der Waals surface area contributed by atoms with E-state index in [9.17, 15) is 4.79 Å². The van der Waals surface area contributed by atoms with Crippen molar-refractivity contribution in [3.63, 3.8) is 0 Å². The first-order valence-electron chi connectivity index (χ1n) is 3.58. The maximum Gasteiger partial charge on any atom is 0.307 e. The van der Waals surface area contributed by atoms with Crippen LogP contribution in [0.5, 0.6) is 0 Å². The molecular weight excluding hydrogens is 227 g/mol. The molecule has 0 unspecified atom stereocenters. The minimum Gasteiger partial charge on any atom is -0.496 e. The van der Waals surface area contributed by atoms with Gasteiger partial charge in [0.15, 0.2) is 0 Å². The van der Waals surface area contributed by atoms with Crippen molar-refractivity contribution < 1.29 is 14.6 Å². The zero-order chi connectivity index (χ0) is 11.3. The van der Waals surface area contributed by atoms with E-state index in [2.05, 4.69) is 13.2 Å². The van der Waals surface area contributed by atoms with Crippen LogP contribution in [-0.2, 0) is 9.53 Å². The van der Waals surface area contributed by atoms with Gasteiger partial charge in [-0.25, -0.2) is 0 Å². The Labute approximate surface area is 92.3 Å². The molecule has 78 valence electrons. The van der Waals surface area contributed by atoms with Gasteiger partial charge in [0.05, 0.1) is 18.6 Å². The molecule has 0 aromatic rings. The number of rotatable bonds is 5. The molecule has 0 aromatic carbocycles. The van der Waals surface area contributed by atoms with Crippen LogP contribution in [0.2, 0.25) is 0 Å². The average molecular weight is 237 g/mol. The van der Waals surface area contributed by atoms with Gasteiger partial charge in [0.2, 0.25) is 0 Å². The highest BCUT2D eigenvalue weighted by molar-refractivity contribution is 6.42. The second-order valence-electron chi connectivity index (χ2n) is 2.43. The van der Waals surface area contributed by atoms with Crippen molar-refractivity contribution >= 4 is 29.2 Å². The Morgan fingerprint density at radius 3 is 2.21 bits per heavy atom. The van der Waals surface area contributed by atoms with Crippen LogP contribution >= 0.6 is 23.2 Å². The van der Waals surface area contributed by atoms with E-state index in [0.29, 0.717) is 0 Å². The van der Waals surface area contributed by atoms with Crippen LogP contribution < -0.4 is 0 Å². The molecule has 0 radical (unpaired) electrons. The summed E-state index contributed by atoms with van der Waals surface area (Å²) >= 11 is 11.5. The summed E-state index contributed by atoms with van der Waals surface area (Å²) in [7, 11) is 1.38. The van der Waals surface area contributed by atoms with E-state index in [-0.39, 0.29) is 27.8 Å². The molecule has 0 rings (SSSR count). The first-order chi connectivity index (χ1) is 6.40. The maximum absolute atomic E-state index is 10.3. The smallest absolute Gasteiger partial charge is 0.307 e. The van der Waals surface area contributed by atoms with Gasteiger partial charge in [0, 0.05) is 0 Å². The fourth-order valence-corrected chi connectivity index (χ4v) is 1.01. The fourth-order valence-electron chi connectivity index (χ4n) is 0.627. The number of methoxy groups -OCH3 is 1. The van der Waals surface area contributed by atoms with E-state index in [1.165, 1.54) is 7.11 Å². The molecule has 0 aliphatic rings.